The number of hydrogen-bond donors (Lipinski definition) is 1. The van der Waals surface area contributed by atoms with Gasteiger partial charge in [0.05, 0.1) is 5.56 Å². The summed E-state index contributed by atoms with van der Waals surface area (Å²) in [5.74, 6) is -0.481. The number of para-hydroxylation sites is 1. The zero-order chi connectivity index (χ0) is 13.2. The minimum Gasteiger partial charge on any atom is -0.349 e. The SMILES string of the molecule is O=C(NC1CCCC1)c1cnc2c(F)cccc2c1. The first kappa shape index (κ1) is 12.1. The lowest BCUT2D eigenvalue weighted by Crippen LogP contribution is -2.32. The molecule has 1 fully saturated rings. The van der Waals surface area contributed by atoms with Crippen molar-refractivity contribution in [2.75, 3.05) is 0 Å². The molecule has 1 aliphatic rings. The van der Waals surface area contributed by atoms with Crippen molar-refractivity contribution in [3.05, 3.63) is 41.8 Å². The molecule has 98 valence electrons. The van der Waals surface area contributed by atoms with Crippen LogP contribution in [0.1, 0.15) is 36.0 Å². The minimum absolute atomic E-state index is 0.120. The second kappa shape index (κ2) is 4.96. The van der Waals surface area contributed by atoms with Crippen molar-refractivity contribution in [3.63, 3.8) is 0 Å². The summed E-state index contributed by atoms with van der Waals surface area (Å²) in [5.41, 5.74) is 0.796. The lowest BCUT2D eigenvalue weighted by Gasteiger charge is -2.11. The van der Waals surface area contributed by atoms with Gasteiger partial charge in [-0.3, -0.25) is 9.78 Å². The van der Waals surface area contributed by atoms with Crippen LogP contribution in [0.4, 0.5) is 4.39 Å². The van der Waals surface area contributed by atoms with Gasteiger partial charge in [-0.1, -0.05) is 25.0 Å². The van der Waals surface area contributed by atoms with E-state index in [9.17, 15) is 9.18 Å². The van der Waals surface area contributed by atoms with E-state index in [0.29, 0.717) is 16.5 Å². The van der Waals surface area contributed by atoms with Crippen LogP contribution in [-0.2, 0) is 0 Å². The van der Waals surface area contributed by atoms with E-state index in [-0.39, 0.29) is 17.8 Å². The summed E-state index contributed by atoms with van der Waals surface area (Å²) < 4.78 is 13.5. The maximum atomic E-state index is 13.5. The summed E-state index contributed by atoms with van der Waals surface area (Å²) in [6.45, 7) is 0. The Morgan fingerprint density at radius 3 is 2.89 bits per heavy atom. The van der Waals surface area contributed by atoms with Crippen LogP contribution >= 0.6 is 0 Å². The van der Waals surface area contributed by atoms with E-state index >= 15 is 0 Å². The quantitative estimate of drug-likeness (QED) is 0.899. The number of aromatic nitrogens is 1. The average molecular weight is 258 g/mol. The molecule has 0 aliphatic heterocycles. The topological polar surface area (TPSA) is 42.0 Å². The summed E-state index contributed by atoms with van der Waals surface area (Å²) in [4.78, 5) is 16.1. The van der Waals surface area contributed by atoms with Crippen molar-refractivity contribution in [1.29, 1.82) is 0 Å². The van der Waals surface area contributed by atoms with Gasteiger partial charge in [-0.2, -0.15) is 0 Å². The fourth-order valence-electron chi connectivity index (χ4n) is 2.59. The summed E-state index contributed by atoms with van der Waals surface area (Å²) in [6, 6.07) is 6.72. The van der Waals surface area contributed by atoms with Crippen LogP contribution in [0.2, 0.25) is 0 Å². The van der Waals surface area contributed by atoms with Gasteiger partial charge in [-0.25, -0.2) is 4.39 Å². The Labute approximate surface area is 110 Å². The Kier molecular flexibility index (Phi) is 3.15. The van der Waals surface area contributed by atoms with Crippen molar-refractivity contribution in [2.45, 2.75) is 31.7 Å². The molecule has 2 aromatic rings. The number of rotatable bonds is 2. The minimum atomic E-state index is -0.361. The van der Waals surface area contributed by atoms with Crippen LogP contribution in [0.5, 0.6) is 0 Å². The standard InChI is InChI=1S/C15H15FN2O/c16-13-7-3-4-10-8-11(9-17-14(10)13)15(19)18-12-5-1-2-6-12/h3-4,7-9,12H,1-2,5-6H2,(H,18,19). The monoisotopic (exact) mass is 258 g/mol. The molecule has 0 bridgehead atoms. The first-order chi connectivity index (χ1) is 9.24. The molecular weight excluding hydrogens is 243 g/mol. The van der Waals surface area contributed by atoms with Gasteiger partial charge in [0.2, 0.25) is 0 Å². The number of nitrogens with zero attached hydrogens (tertiary/aromatic N) is 1. The Morgan fingerprint density at radius 1 is 1.32 bits per heavy atom. The highest BCUT2D eigenvalue weighted by Crippen LogP contribution is 2.19. The second-order valence-electron chi connectivity index (χ2n) is 4.99. The lowest BCUT2D eigenvalue weighted by molar-refractivity contribution is 0.0937. The van der Waals surface area contributed by atoms with Crippen molar-refractivity contribution >= 4 is 16.8 Å². The van der Waals surface area contributed by atoms with Crippen molar-refractivity contribution in [3.8, 4) is 0 Å². The molecule has 3 rings (SSSR count). The molecule has 4 heteroatoms. The zero-order valence-corrected chi connectivity index (χ0v) is 10.5. The summed E-state index contributed by atoms with van der Waals surface area (Å²) >= 11 is 0. The van der Waals surface area contributed by atoms with Gasteiger partial charge >= 0.3 is 0 Å². The Hall–Kier alpha value is -1.97. The molecule has 1 N–H and O–H groups in total. The number of nitrogens with one attached hydrogen (secondary N) is 1. The lowest BCUT2D eigenvalue weighted by atomic mass is 10.1. The number of carbonyl (C=O) groups excluding carboxylic acids is 1. The number of fused-ring (bicyclic) bond motifs is 1. The number of benzene rings is 1. The van der Waals surface area contributed by atoms with Gasteiger partial charge in [0.1, 0.15) is 11.3 Å². The third-order valence-corrected chi connectivity index (χ3v) is 3.61. The summed E-state index contributed by atoms with van der Waals surface area (Å²) in [7, 11) is 0. The fraction of sp³-hybridized carbons (Fsp3) is 0.333. The van der Waals surface area contributed by atoms with Crippen LogP contribution in [-0.4, -0.2) is 16.9 Å². The van der Waals surface area contributed by atoms with Gasteiger partial charge in [0.15, 0.2) is 0 Å². The van der Waals surface area contributed by atoms with Gasteiger partial charge in [-0.05, 0) is 25.0 Å². The maximum Gasteiger partial charge on any atom is 0.253 e. The Balaban J connectivity index is 1.86. The molecule has 1 aromatic heterocycles. The zero-order valence-electron chi connectivity index (χ0n) is 10.5. The second-order valence-corrected chi connectivity index (χ2v) is 4.99. The molecule has 3 nitrogen and oxygen atoms in total. The van der Waals surface area contributed by atoms with Gasteiger partial charge in [0.25, 0.3) is 5.91 Å². The molecule has 0 atom stereocenters. The summed E-state index contributed by atoms with van der Waals surface area (Å²) in [6.07, 6.45) is 5.87. The van der Waals surface area contributed by atoms with E-state index in [4.69, 9.17) is 0 Å². The molecule has 1 heterocycles. The molecule has 0 saturated heterocycles. The highest BCUT2D eigenvalue weighted by atomic mass is 19.1. The van der Waals surface area contributed by atoms with E-state index in [2.05, 4.69) is 10.3 Å². The average Bonchev–Trinajstić information content (AvgIpc) is 2.91. The number of amides is 1. The molecule has 1 aromatic carbocycles. The van der Waals surface area contributed by atoms with Crippen LogP contribution in [0, 0.1) is 5.82 Å². The van der Waals surface area contributed by atoms with Crippen LogP contribution in [0.15, 0.2) is 30.5 Å². The molecule has 0 radical (unpaired) electrons. The first-order valence-electron chi connectivity index (χ1n) is 6.59. The molecule has 0 spiro atoms. The van der Waals surface area contributed by atoms with E-state index in [0.717, 1.165) is 12.8 Å². The number of hydrogen-bond acceptors (Lipinski definition) is 2. The number of carbonyl (C=O) groups is 1. The molecule has 0 unspecified atom stereocenters. The van der Waals surface area contributed by atoms with Crippen molar-refractivity contribution in [2.24, 2.45) is 0 Å². The maximum absolute atomic E-state index is 13.5. The Morgan fingerprint density at radius 2 is 2.11 bits per heavy atom. The smallest absolute Gasteiger partial charge is 0.253 e. The number of pyridine rings is 1. The van der Waals surface area contributed by atoms with E-state index < -0.39 is 0 Å². The first-order valence-corrected chi connectivity index (χ1v) is 6.59. The van der Waals surface area contributed by atoms with Gasteiger partial charge in [-0.15, -0.1) is 0 Å². The van der Waals surface area contributed by atoms with Crippen LogP contribution in [0.3, 0.4) is 0 Å². The van der Waals surface area contributed by atoms with E-state index in [1.807, 2.05) is 0 Å². The molecular formula is C15H15FN2O. The van der Waals surface area contributed by atoms with E-state index in [1.54, 1.807) is 18.2 Å². The Bertz CT molecular complexity index is 621. The highest BCUT2D eigenvalue weighted by molar-refractivity contribution is 5.97. The highest BCUT2D eigenvalue weighted by Gasteiger charge is 2.18. The van der Waals surface area contributed by atoms with E-state index in [1.165, 1.54) is 25.1 Å². The largest absolute Gasteiger partial charge is 0.349 e. The summed E-state index contributed by atoms with van der Waals surface area (Å²) in [5, 5.41) is 3.65. The predicted molar refractivity (Wildman–Crippen MR) is 71.4 cm³/mol. The van der Waals surface area contributed by atoms with Crippen molar-refractivity contribution < 1.29 is 9.18 Å². The van der Waals surface area contributed by atoms with Crippen LogP contribution in [0.25, 0.3) is 10.9 Å². The molecule has 1 amide bonds. The van der Waals surface area contributed by atoms with Gasteiger partial charge < -0.3 is 5.32 Å². The third-order valence-electron chi connectivity index (χ3n) is 3.61. The normalized spacial score (nSPS) is 15.8. The number of halogens is 1. The van der Waals surface area contributed by atoms with Crippen molar-refractivity contribution in [1.82, 2.24) is 10.3 Å². The third kappa shape index (κ3) is 2.43. The molecule has 1 saturated carbocycles. The predicted octanol–water partition coefficient (Wildman–Crippen LogP) is 3.05. The molecule has 1 aliphatic carbocycles. The fourth-order valence-corrected chi connectivity index (χ4v) is 2.59. The van der Waals surface area contributed by atoms with Crippen LogP contribution < -0.4 is 5.32 Å². The van der Waals surface area contributed by atoms with Gasteiger partial charge in [0, 0.05) is 17.6 Å². The molecule has 19 heavy (non-hydrogen) atoms.